The lowest BCUT2D eigenvalue weighted by Gasteiger charge is -2.24. The van der Waals surface area contributed by atoms with E-state index in [0.717, 1.165) is 12.1 Å². The highest BCUT2D eigenvalue weighted by Gasteiger charge is 2.32. The number of nitrogens with two attached hydrogens (primary N) is 1. The maximum absolute atomic E-state index is 12.6. The van der Waals surface area contributed by atoms with Crippen LogP contribution in [0.2, 0.25) is 0 Å². The van der Waals surface area contributed by atoms with Crippen molar-refractivity contribution in [3.8, 4) is 0 Å². The Kier molecular flexibility index (Phi) is 4.63. The van der Waals surface area contributed by atoms with Gasteiger partial charge in [0.05, 0.1) is 11.1 Å². The van der Waals surface area contributed by atoms with E-state index < -0.39 is 23.2 Å². The number of carbonyl (C=O) groups excluding carboxylic acids is 1. The summed E-state index contributed by atoms with van der Waals surface area (Å²) >= 11 is 3.07. The SMILES string of the molecule is CC(C)(CN)NC(=O)c1cc(C(F)(F)F)ccc1Br. The highest BCUT2D eigenvalue weighted by molar-refractivity contribution is 9.10. The number of carbonyl (C=O) groups is 1. The smallest absolute Gasteiger partial charge is 0.346 e. The van der Waals surface area contributed by atoms with Crippen molar-refractivity contribution in [3.05, 3.63) is 33.8 Å². The van der Waals surface area contributed by atoms with Crippen molar-refractivity contribution in [3.63, 3.8) is 0 Å². The summed E-state index contributed by atoms with van der Waals surface area (Å²) in [7, 11) is 0. The third-order valence-electron chi connectivity index (χ3n) is 2.50. The normalized spacial score (nSPS) is 12.4. The molecule has 0 aliphatic heterocycles. The molecule has 19 heavy (non-hydrogen) atoms. The van der Waals surface area contributed by atoms with Crippen LogP contribution >= 0.6 is 15.9 Å². The van der Waals surface area contributed by atoms with Crippen LogP contribution in [0.4, 0.5) is 13.2 Å². The van der Waals surface area contributed by atoms with Gasteiger partial charge in [-0.2, -0.15) is 13.2 Å². The second-order valence-corrected chi connectivity index (χ2v) is 5.59. The molecule has 0 aliphatic rings. The zero-order valence-electron chi connectivity index (χ0n) is 10.4. The van der Waals surface area contributed by atoms with E-state index in [1.54, 1.807) is 13.8 Å². The van der Waals surface area contributed by atoms with Gasteiger partial charge in [-0.05, 0) is 48.0 Å². The second-order valence-electron chi connectivity index (χ2n) is 4.73. The molecule has 7 heteroatoms. The van der Waals surface area contributed by atoms with E-state index >= 15 is 0 Å². The van der Waals surface area contributed by atoms with Crippen LogP contribution in [0.3, 0.4) is 0 Å². The fourth-order valence-electron chi connectivity index (χ4n) is 1.30. The summed E-state index contributed by atoms with van der Waals surface area (Å²) in [5.41, 5.74) is 3.83. The Morgan fingerprint density at radius 3 is 2.42 bits per heavy atom. The first kappa shape index (κ1) is 16.0. The summed E-state index contributed by atoms with van der Waals surface area (Å²) in [5.74, 6) is -0.603. The molecular weight excluding hydrogens is 325 g/mol. The monoisotopic (exact) mass is 338 g/mol. The molecule has 1 aromatic rings. The molecule has 0 saturated carbocycles. The number of hydrogen-bond acceptors (Lipinski definition) is 2. The minimum absolute atomic E-state index is 0.0728. The van der Waals surface area contributed by atoms with Crippen molar-refractivity contribution in [2.45, 2.75) is 25.6 Å². The molecule has 0 radical (unpaired) electrons. The van der Waals surface area contributed by atoms with Crippen molar-refractivity contribution in [1.82, 2.24) is 5.32 Å². The van der Waals surface area contributed by atoms with Crippen LogP contribution in [-0.4, -0.2) is 18.0 Å². The van der Waals surface area contributed by atoms with Gasteiger partial charge in [0.1, 0.15) is 0 Å². The fourth-order valence-corrected chi connectivity index (χ4v) is 1.73. The first-order valence-corrected chi connectivity index (χ1v) is 6.25. The lowest BCUT2D eigenvalue weighted by Crippen LogP contribution is -2.48. The minimum atomic E-state index is -4.49. The van der Waals surface area contributed by atoms with Crippen LogP contribution < -0.4 is 11.1 Å². The molecule has 0 aliphatic carbocycles. The molecule has 0 unspecified atom stereocenters. The van der Waals surface area contributed by atoms with Gasteiger partial charge in [0.2, 0.25) is 0 Å². The molecule has 0 bridgehead atoms. The van der Waals surface area contributed by atoms with E-state index in [9.17, 15) is 18.0 Å². The number of nitrogens with one attached hydrogen (secondary N) is 1. The Labute approximate surface area is 117 Å². The Morgan fingerprint density at radius 2 is 1.95 bits per heavy atom. The lowest BCUT2D eigenvalue weighted by molar-refractivity contribution is -0.137. The first-order valence-electron chi connectivity index (χ1n) is 5.46. The first-order chi connectivity index (χ1) is 8.57. The van der Waals surface area contributed by atoms with E-state index in [-0.39, 0.29) is 12.1 Å². The predicted octanol–water partition coefficient (Wildman–Crippen LogP) is 2.94. The van der Waals surface area contributed by atoms with E-state index in [1.807, 2.05) is 0 Å². The van der Waals surface area contributed by atoms with Gasteiger partial charge in [0.25, 0.3) is 5.91 Å². The average molecular weight is 339 g/mol. The number of rotatable bonds is 3. The van der Waals surface area contributed by atoms with Gasteiger partial charge in [-0.3, -0.25) is 4.79 Å². The van der Waals surface area contributed by atoms with Crippen LogP contribution in [0, 0.1) is 0 Å². The standard InChI is InChI=1S/C12H14BrF3N2O/c1-11(2,6-17)18-10(19)8-5-7(12(14,15)16)3-4-9(8)13/h3-5H,6,17H2,1-2H3,(H,18,19). The van der Waals surface area contributed by atoms with Crippen LogP contribution in [0.25, 0.3) is 0 Å². The summed E-state index contributed by atoms with van der Waals surface area (Å²) in [6.45, 7) is 3.55. The zero-order valence-corrected chi connectivity index (χ0v) is 12.0. The number of benzene rings is 1. The number of alkyl halides is 3. The van der Waals surface area contributed by atoms with Crippen LogP contribution in [0.5, 0.6) is 0 Å². The van der Waals surface area contributed by atoms with Gasteiger partial charge < -0.3 is 11.1 Å². The predicted molar refractivity (Wildman–Crippen MR) is 69.7 cm³/mol. The molecule has 0 aromatic heterocycles. The Bertz CT molecular complexity index is 486. The Hall–Kier alpha value is -1.08. The van der Waals surface area contributed by atoms with Crippen molar-refractivity contribution < 1.29 is 18.0 Å². The van der Waals surface area contributed by atoms with Gasteiger partial charge in [0.15, 0.2) is 0 Å². The molecule has 1 amide bonds. The van der Waals surface area contributed by atoms with Crippen molar-refractivity contribution in [2.75, 3.05) is 6.54 Å². The summed E-state index contributed by atoms with van der Waals surface area (Å²) in [4.78, 5) is 12.0. The average Bonchev–Trinajstić information content (AvgIpc) is 2.27. The Morgan fingerprint density at radius 1 is 1.37 bits per heavy atom. The molecule has 0 atom stereocenters. The highest BCUT2D eigenvalue weighted by atomic mass is 79.9. The van der Waals surface area contributed by atoms with Crippen molar-refractivity contribution in [2.24, 2.45) is 5.73 Å². The molecule has 1 aromatic carbocycles. The van der Waals surface area contributed by atoms with Crippen LogP contribution in [0.15, 0.2) is 22.7 Å². The molecular formula is C12H14BrF3N2O. The van der Waals surface area contributed by atoms with Gasteiger partial charge in [0, 0.05) is 16.6 Å². The summed E-state index contributed by atoms with van der Waals surface area (Å²) in [6.07, 6.45) is -4.49. The van der Waals surface area contributed by atoms with Crippen molar-refractivity contribution in [1.29, 1.82) is 0 Å². The third-order valence-corrected chi connectivity index (χ3v) is 3.19. The summed E-state index contributed by atoms with van der Waals surface area (Å²) in [5, 5.41) is 2.58. The summed E-state index contributed by atoms with van der Waals surface area (Å²) in [6, 6.07) is 2.92. The second kappa shape index (κ2) is 5.50. The molecule has 3 nitrogen and oxygen atoms in total. The van der Waals surface area contributed by atoms with Gasteiger partial charge in [-0.1, -0.05) is 0 Å². The van der Waals surface area contributed by atoms with E-state index in [4.69, 9.17) is 5.73 Å². The van der Waals surface area contributed by atoms with Gasteiger partial charge in [-0.25, -0.2) is 0 Å². The minimum Gasteiger partial charge on any atom is -0.346 e. The summed E-state index contributed by atoms with van der Waals surface area (Å²) < 4.78 is 38.1. The topological polar surface area (TPSA) is 55.1 Å². The van der Waals surface area contributed by atoms with Crippen LogP contribution in [0.1, 0.15) is 29.8 Å². The fraction of sp³-hybridized carbons (Fsp3) is 0.417. The number of halogens is 4. The van der Waals surface area contributed by atoms with Crippen molar-refractivity contribution >= 4 is 21.8 Å². The third kappa shape index (κ3) is 4.21. The van der Waals surface area contributed by atoms with E-state index in [0.29, 0.717) is 4.47 Å². The maximum atomic E-state index is 12.6. The maximum Gasteiger partial charge on any atom is 0.416 e. The highest BCUT2D eigenvalue weighted by Crippen LogP contribution is 2.31. The molecule has 0 fully saturated rings. The molecule has 0 spiro atoms. The number of hydrogen-bond donors (Lipinski definition) is 2. The molecule has 106 valence electrons. The lowest BCUT2D eigenvalue weighted by atomic mass is 10.0. The van der Waals surface area contributed by atoms with Gasteiger partial charge in [-0.15, -0.1) is 0 Å². The molecule has 3 N–H and O–H groups in total. The zero-order chi connectivity index (χ0) is 14.8. The molecule has 0 saturated heterocycles. The molecule has 0 heterocycles. The van der Waals surface area contributed by atoms with E-state index in [1.165, 1.54) is 6.07 Å². The molecule has 1 rings (SSSR count). The van der Waals surface area contributed by atoms with E-state index in [2.05, 4.69) is 21.2 Å². The van der Waals surface area contributed by atoms with Gasteiger partial charge >= 0.3 is 6.18 Å². The largest absolute Gasteiger partial charge is 0.416 e. The number of amides is 1. The Balaban J connectivity index is 3.10. The quantitative estimate of drug-likeness (QED) is 0.890. The van der Waals surface area contributed by atoms with Crippen LogP contribution in [-0.2, 0) is 6.18 Å².